The first-order valence-electron chi connectivity index (χ1n) is 20.2. The van der Waals surface area contributed by atoms with E-state index >= 15 is 0 Å². The highest BCUT2D eigenvalue weighted by molar-refractivity contribution is 6.11. The highest BCUT2D eigenvalue weighted by Gasteiger charge is 2.38. The lowest BCUT2D eigenvalue weighted by Crippen LogP contribution is -2.12. The highest BCUT2D eigenvalue weighted by atomic mass is 19.4. The van der Waals surface area contributed by atoms with Crippen LogP contribution in [0.5, 0.6) is 0 Å². The van der Waals surface area contributed by atoms with Gasteiger partial charge in [0.1, 0.15) is 11.2 Å². The van der Waals surface area contributed by atoms with Crippen LogP contribution in [-0.4, -0.2) is 19.5 Å². The second kappa shape index (κ2) is 14.8. The third-order valence-corrected chi connectivity index (χ3v) is 11.5. The van der Waals surface area contributed by atoms with Gasteiger partial charge in [-0.15, -0.1) is 0 Å². The van der Waals surface area contributed by atoms with E-state index in [4.69, 9.17) is 19.4 Å². The Kier molecular flexibility index (Phi) is 8.98. The average molecular weight is 853 g/mol. The molecular weight excluding hydrogens is 823 g/mol. The number of rotatable bonds is 6. The van der Waals surface area contributed by atoms with Crippen LogP contribution in [0.4, 0.5) is 26.3 Å². The van der Waals surface area contributed by atoms with Crippen molar-refractivity contribution in [3.63, 3.8) is 0 Å². The summed E-state index contributed by atoms with van der Waals surface area (Å²) >= 11 is 0. The van der Waals surface area contributed by atoms with Gasteiger partial charge < -0.3 is 8.98 Å². The van der Waals surface area contributed by atoms with E-state index in [0.29, 0.717) is 45.7 Å². The summed E-state index contributed by atoms with van der Waals surface area (Å²) in [6, 6.07) is 53.2. The number of nitrogens with zero attached hydrogens (tertiary/aromatic N) is 4. The zero-order valence-electron chi connectivity index (χ0n) is 33.3. The van der Waals surface area contributed by atoms with E-state index in [9.17, 15) is 26.3 Å². The molecule has 0 fully saturated rings. The number of halogens is 6. The van der Waals surface area contributed by atoms with Crippen LogP contribution in [0.3, 0.4) is 0 Å². The molecule has 5 nitrogen and oxygen atoms in total. The van der Waals surface area contributed by atoms with Crippen molar-refractivity contribution in [3.05, 3.63) is 193 Å². The lowest BCUT2D eigenvalue weighted by atomic mass is 9.95. The molecule has 0 aliphatic carbocycles. The molecule has 0 spiro atoms. The Morgan fingerprint density at radius 3 is 1.64 bits per heavy atom. The van der Waals surface area contributed by atoms with Gasteiger partial charge in [0.15, 0.2) is 17.5 Å². The van der Waals surface area contributed by atoms with Gasteiger partial charge in [0.25, 0.3) is 0 Å². The van der Waals surface area contributed by atoms with E-state index in [1.165, 1.54) is 6.07 Å². The molecule has 8 aromatic carbocycles. The molecule has 11 heteroatoms. The van der Waals surface area contributed by atoms with Gasteiger partial charge in [-0.1, -0.05) is 121 Å². The number of hydrogen-bond donors (Lipinski definition) is 0. The summed E-state index contributed by atoms with van der Waals surface area (Å²) in [4.78, 5) is 15.2. The largest absolute Gasteiger partial charge is 0.456 e. The van der Waals surface area contributed by atoms with Crippen LogP contribution >= 0.6 is 0 Å². The Hall–Kier alpha value is -8.05. The SMILES string of the molecule is FC(F)(F)c1ccc(-c2ccc3c(c2)c2ccccc2n3-c2ccc(-c3ccc4oc5ccccc5c4c3)cc2-c2nc(-c3ccccc3)nc(-c3ccccc3)n2)c(C(F)(F)F)c1. The number of aromatic nitrogens is 4. The van der Waals surface area contributed by atoms with Crippen molar-refractivity contribution in [3.8, 4) is 62.1 Å². The zero-order chi connectivity index (χ0) is 43.7. The van der Waals surface area contributed by atoms with E-state index in [1.807, 2.05) is 144 Å². The molecule has 11 aromatic rings. The van der Waals surface area contributed by atoms with Crippen LogP contribution in [-0.2, 0) is 12.4 Å². The summed E-state index contributed by atoms with van der Waals surface area (Å²) in [5.41, 5.74) is 4.57. The maximum atomic E-state index is 14.5. The molecular formula is C53H30F6N4O. The minimum absolute atomic E-state index is 0.117. The summed E-state index contributed by atoms with van der Waals surface area (Å²) in [7, 11) is 0. The summed E-state index contributed by atoms with van der Waals surface area (Å²) in [6.45, 7) is 0. The minimum atomic E-state index is -5.05. The van der Waals surface area contributed by atoms with Crippen LogP contribution in [0.25, 0.3) is 106 Å². The monoisotopic (exact) mass is 852 g/mol. The maximum absolute atomic E-state index is 14.5. The highest BCUT2D eigenvalue weighted by Crippen LogP contribution is 2.44. The number of benzene rings is 8. The molecule has 310 valence electrons. The molecule has 0 saturated heterocycles. The van der Waals surface area contributed by atoms with Crippen molar-refractivity contribution < 1.29 is 30.8 Å². The standard InChI is InChI=1S/C53H30F6N4O/c54-52(55,56)36-22-23-37(43(30-36)53(57,58)59)35-20-25-45-40(29-35)38-15-7-9-17-44(38)63(45)46-24-19-33(34-21-26-48-41(27-34)39-16-8-10-18-47(39)64-48)28-42(46)51-61-49(31-11-3-1-4-12-31)60-50(62-51)32-13-5-2-6-14-32/h1-30H. The second-order valence-electron chi connectivity index (χ2n) is 15.4. The molecule has 0 atom stereocenters. The van der Waals surface area contributed by atoms with Crippen LogP contribution in [0.15, 0.2) is 186 Å². The normalized spacial score (nSPS) is 12.2. The van der Waals surface area contributed by atoms with Gasteiger partial charge in [-0.25, -0.2) is 15.0 Å². The van der Waals surface area contributed by atoms with Crippen molar-refractivity contribution in [2.75, 3.05) is 0 Å². The summed E-state index contributed by atoms with van der Waals surface area (Å²) in [5.74, 6) is 1.29. The molecule has 0 unspecified atom stereocenters. The summed E-state index contributed by atoms with van der Waals surface area (Å²) in [5, 5.41) is 3.25. The molecule has 0 aliphatic rings. The van der Waals surface area contributed by atoms with Gasteiger partial charge in [0, 0.05) is 38.2 Å². The molecule has 0 bridgehead atoms. The maximum Gasteiger partial charge on any atom is 0.417 e. The van der Waals surface area contributed by atoms with Gasteiger partial charge >= 0.3 is 12.4 Å². The van der Waals surface area contributed by atoms with E-state index in [1.54, 1.807) is 12.1 Å². The molecule has 0 aliphatic heterocycles. The predicted octanol–water partition coefficient (Wildman–Crippen LogP) is 15.2. The van der Waals surface area contributed by atoms with Crippen molar-refractivity contribution >= 4 is 43.7 Å². The van der Waals surface area contributed by atoms with Gasteiger partial charge in [-0.2, -0.15) is 26.3 Å². The third kappa shape index (κ3) is 6.73. The fraction of sp³-hybridized carbons (Fsp3) is 0.0377. The molecule has 0 radical (unpaired) electrons. The minimum Gasteiger partial charge on any atom is -0.456 e. The average Bonchev–Trinajstić information content (AvgIpc) is 3.86. The van der Waals surface area contributed by atoms with Crippen LogP contribution in [0.1, 0.15) is 11.1 Å². The summed E-state index contributed by atoms with van der Waals surface area (Å²) in [6.07, 6.45) is -10.0. The first-order valence-corrected chi connectivity index (χ1v) is 20.2. The number of alkyl halides is 6. The van der Waals surface area contributed by atoms with Crippen molar-refractivity contribution in [1.29, 1.82) is 0 Å². The number of furan rings is 1. The molecule has 64 heavy (non-hydrogen) atoms. The first-order chi connectivity index (χ1) is 31.0. The van der Waals surface area contributed by atoms with E-state index in [0.717, 1.165) is 61.2 Å². The van der Waals surface area contributed by atoms with Crippen molar-refractivity contribution in [2.24, 2.45) is 0 Å². The zero-order valence-corrected chi connectivity index (χ0v) is 33.3. The molecule has 0 amide bonds. The quantitative estimate of drug-likeness (QED) is 0.156. The Balaban J connectivity index is 1.17. The van der Waals surface area contributed by atoms with Gasteiger partial charge in [0.05, 0.1) is 27.8 Å². The Morgan fingerprint density at radius 1 is 0.375 bits per heavy atom. The van der Waals surface area contributed by atoms with Crippen molar-refractivity contribution in [2.45, 2.75) is 12.4 Å². The van der Waals surface area contributed by atoms with Gasteiger partial charge in [0.2, 0.25) is 0 Å². The molecule has 11 rings (SSSR count). The smallest absolute Gasteiger partial charge is 0.417 e. The molecule has 3 heterocycles. The lowest BCUT2D eigenvalue weighted by Gasteiger charge is -2.17. The van der Waals surface area contributed by atoms with Gasteiger partial charge in [-0.3, -0.25) is 0 Å². The summed E-state index contributed by atoms with van der Waals surface area (Å²) < 4.78 is 92.5. The number of para-hydroxylation sites is 2. The van der Waals surface area contributed by atoms with E-state index in [2.05, 4.69) is 6.07 Å². The van der Waals surface area contributed by atoms with Crippen LogP contribution in [0.2, 0.25) is 0 Å². The molecule has 0 N–H and O–H groups in total. The molecule has 3 aromatic heterocycles. The van der Waals surface area contributed by atoms with Gasteiger partial charge in [-0.05, 0) is 82.9 Å². The predicted molar refractivity (Wildman–Crippen MR) is 239 cm³/mol. The van der Waals surface area contributed by atoms with Crippen LogP contribution in [0, 0.1) is 0 Å². The fourth-order valence-corrected chi connectivity index (χ4v) is 8.53. The third-order valence-electron chi connectivity index (χ3n) is 11.5. The Bertz CT molecular complexity index is 3540. The lowest BCUT2D eigenvalue weighted by molar-refractivity contribution is -0.142. The number of fused-ring (bicyclic) bond motifs is 6. The Morgan fingerprint density at radius 2 is 0.938 bits per heavy atom. The topological polar surface area (TPSA) is 56.7 Å². The fourth-order valence-electron chi connectivity index (χ4n) is 8.53. The second-order valence-corrected chi connectivity index (χ2v) is 15.4. The van der Waals surface area contributed by atoms with E-state index < -0.39 is 23.5 Å². The number of hydrogen-bond acceptors (Lipinski definition) is 4. The first kappa shape index (κ1) is 38.8. The van der Waals surface area contributed by atoms with Crippen molar-refractivity contribution in [1.82, 2.24) is 19.5 Å². The van der Waals surface area contributed by atoms with E-state index in [-0.39, 0.29) is 17.2 Å². The van der Waals surface area contributed by atoms with Crippen LogP contribution < -0.4 is 0 Å². The molecule has 0 saturated carbocycles. The Labute approximate surface area is 360 Å².